The van der Waals surface area contributed by atoms with Gasteiger partial charge in [-0.1, -0.05) is 0 Å². The lowest BCUT2D eigenvalue weighted by molar-refractivity contribution is -0.188. The van der Waals surface area contributed by atoms with Crippen molar-refractivity contribution in [2.75, 3.05) is 33.3 Å². The number of aromatic hydroxyl groups is 1. The van der Waals surface area contributed by atoms with Crippen molar-refractivity contribution < 1.29 is 23.0 Å². The summed E-state index contributed by atoms with van der Waals surface area (Å²) in [5.74, 6) is -0.721. The lowest BCUT2D eigenvalue weighted by Gasteiger charge is -2.36. The monoisotopic (exact) mass is 387 g/mol. The maximum atomic E-state index is 13.6. The van der Waals surface area contributed by atoms with Crippen LogP contribution in [-0.2, 0) is 0 Å². The normalized spacial score (nSPS) is 16.3. The van der Waals surface area contributed by atoms with Crippen molar-refractivity contribution in [3.63, 3.8) is 0 Å². The van der Waals surface area contributed by atoms with Gasteiger partial charge in [-0.2, -0.15) is 18.4 Å². The van der Waals surface area contributed by atoms with Gasteiger partial charge in [0.25, 0.3) is 0 Å². The number of halogens is 5. The van der Waals surface area contributed by atoms with Crippen molar-refractivity contribution >= 4 is 24.8 Å². The molecule has 24 heavy (non-hydrogen) atoms. The molecule has 136 valence electrons. The molecular formula is C14H18Cl2F3N3O2. The van der Waals surface area contributed by atoms with Gasteiger partial charge in [-0.15, -0.1) is 24.8 Å². The molecule has 1 aliphatic rings. The second-order valence-corrected chi connectivity index (χ2v) is 4.92. The zero-order valence-electron chi connectivity index (χ0n) is 12.8. The van der Waals surface area contributed by atoms with Gasteiger partial charge in [0.05, 0.1) is 18.7 Å². The van der Waals surface area contributed by atoms with Crippen molar-refractivity contribution in [1.82, 2.24) is 10.2 Å². The maximum absolute atomic E-state index is 13.6. The summed E-state index contributed by atoms with van der Waals surface area (Å²) < 4.78 is 45.7. The van der Waals surface area contributed by atoms with Gasteiger partial charge in [0, 0.05) is 31.7 Å². The van der Waals surface area contributed by atoms with Crippen LogP contribution in [0.3, 0.4) is 0 Å². The number of nitrogens with zero attached hydrogens (tertiary/aromatic N) is 2. The minimum atomic E-state index is -4.62. The summed E-state index contributed by atoms with van der Waals surface area (Å²) >= 11 is 0. The molecule has 0 aromatic heterocycles. The highest BCUT2D eigenvalue weighted by atomic mass is 35.5. The third-order valence-electron chi connectivity index (χ3n) is 3.62. The van der Waals surface area contributed by atoms with E-state index in [2.05, 4.69) is 5.32 Å². The SMILES string of the molecule is COc1ccc(C#N)c([C@H](N2CCNCC2)C(F)(F)F)c1O.Cl.Cl. The number of hydrogen-bond acceptors (Lipinski definition) is 5. The van der Waals surface area contributed by atoms with Gasteiger partial charge in [-0.25, -0.2) is 0 Å². The Morgan fingerprint density at radius 1 is 1.29 bits per heavy atom. The Balaban J connectivity index is 0.00000264. The number of ether oxygens (including phenoxy) is 1. The number of hydrogen-bond donors (Lipinski definition) is 2. The van der Waals surface area contributed by atoms with E-state index in [1.807, 2.05) is 0 Å². The van der Waals surface area contributed by atoms with Crippen molar-refractivity contribution in [2.24, 2.45) is 0 Å². The fourth-order valence-corrected chi connectivity index (χ4v) is 2.62. The molecule has 0 spiro atoms. The zero-order chi connectivity index (χ0) is 16.3. The summed E-state index contributed by atoms with van der Waals surface area (Å²) in [6.45, 7) is 1.18. The fourth-order valence-electron chi connectivity index (χ4n) is 2.62. The van der Waals surface area contributed by atoms with E-state index in [1.165, 1.54) is 24.1 Å². The summed E-state index contributed by atoms with van der Waals surface area (Å²) in [4.78, 5) is 1.21. The van der Waals surface area contributed by atoms with Gasteiger partial charge in [0.2, 0.25) is 0 Å². The maximum Gasteiger partial charge on any atom is 0.408 e. The molecule has 0 saturated carbocycles. The third-order valence-corrected chi connectivity index (χ3v) is 3.62. The first-order valence-corrected chi connectivity index (χ1v) is 6.71. The van der Waals surface area contributed by atoms with E-state index in [9.17, 15) is 18.3 Å². The number of methoxy groups -OCH3 is 1. The first kappa shape index (κ1) is 22.6. The minimum absolute atomic E-state index is 0. The minimum Gasteiger partial charge on any atom is -0.504 e. The Morgan fingerprint density at radius 2 is 1.88 bits per heavy atom. The number of phenols is 1. The molecule has 5 nitrogen and oxygen atoms in total. The van der Waals surface area contributed by atoms with Crippen LogP contribution >= 0.6 is 24.8 Å². The van der Waals surface area contributed by atoms with Crippen LogP contribution in [0.25, 0.3) is 0 Å². The Hall–Kier alpha value is -1.40. The highest BCUT2D eigenvalue weighted by Gasteiger charge is 2.47. The predicted molar refractivity (Wildman–Crippen MR) is 87.1 cm³/mol. The molecule has 0 unspecified atom stereocenters. The van der Waals surface area contributed by atoms with Crippen molar-refractivity contribution in [2.45, 2.75) is 12.2 Å². The van der Waals surface area contributed by atoms with E-state index in [4.69, 9.17) is 10.00 Å². The molecule has 1 saturated heterocycles. The van der Waals surface area contributed by atoms with Crippen LogP contribution in [0.15, 0.2) is 12.1 Å². The third kappa shape index (κ3) is 4.57. The predicted octanol–water partition coefficient (Wildman–Crippen LogP) is 2.62. The Morgan fingerprint density at radius 3 is 2.33 bits per heavy atom. The molecule has 1 aromatic rings. The molecular weight excluding hydrogens is 370 g/mol. The number of nitrogens with one attached hydrogen (secondary N) is 1. The summed E-state index contributed by atoms with van der Waals surface area (Å²) in [6, 6.07) is 2.19. The van der Waals surface area contributed by atoms with E-state index >= 15 is 0 Å². The topological polar surface area (TPSA) is 68.5 Å². The molecule has 1 aromatic carbocycles. The Bertz CT molecular complexity index is 588. The fraction of sp³-hybridized carbons (Fsp3) is 0.500. The second-order valence-electron chi connectivity index (χ2n) is 4.92. The van der Waals surface area contributed by atoms with E-state index < -0.39 is 23.5 Å². The molecule has 2 N–H and O–H groups in total. The standard InChI is InChI=1S/C14H16F3N3O2.2ClH/c1-22-10-3-2-9(8-18)11(12(10)21)13(14(15,16)17)20-6-4-19-5-7-20;;/h2-3,13,19,21H,4-7H2,1H3;2*1H/t13-;;/m0../s1. The summed E-state index contributed by atoms with van der Waals surface area (Å²) in [7, 11) is 1.25. The van der Waals surface area contributed by atoms with Crippen LogP contribution in [0, 0.1) is 11.3 Å². The quantitative estimate of drug-likeness (QED) is 0.834. The van der Waals surface area contributed by atoms with Gasteiger partial charge in [0.15, 0.2) is 11.5 Å². The summed E-state index contributed by atoms with van der Waals surface area (Å²) in [6.07, 6.45) is -4.62. The van der Waals surface area contributed by atoms with E-state index in [1.54, 1.807) is 6.07 Å². The van der Waals surface area contributed by atoms with Crippen LogP contribution in [0.4, 0.5) is 13.2 Å². The number of piperazine rings is 1. The molecule has 2 rings (SSSR count). The van der Waals surface area contributed by atoms with E-state index in [0.29, 0.717) is 13.1 Å². The van der Waals surface area contributed by atoms with Gasteiger partial charge < -0.3 is 15.2 Å². The molecule has 1 aliphatic heterocycles. The molecule has 0 aliphatic carbocycles. The average molecular weight is 388 g/mol. The molecule has 0 bridgehead atoms. The zero-order valence-corrected chi connectivity index (χ0v) is 14.4. The number of nitriles is 1. The molecule has 0 radical (unpaired) electrons. The largest absolute Gasteiger partial charge is 0.504 e. The van der Waals surface area contributed by atoms with Crippen LogP contribution < -0.4 is 10.1 Å². The molecule has 0 amide bonds. The average Bonchev–Trinajstić information content (AvgIpc) is 2.49. The number of phenolic OH excluding ortho intramolecular Hbond substituents is 1. The molecule has 10 heteroatoms. The van der Waals surface area contributed by atoms with Gasteiger partial charge in [-0.3, -0.25) is 4.90 Å². The Kier molecular flexibility index (Phi) is 8.64. The number of benzene rings is 1. The highest BCUT2D eigenvalue weighted by Crippen LogP contribution is 2.45. The van der Waals surface area contributed by atoms with Crippen LogP contribution in [0.5, 0.6) is 11.5 Å². The second kappa shape index (κ2) is 9.18. The number of alkyl halides is 3. The molecule has 1 fully saturated rings. The van der Waals surface area contributed by atoms with Crippen molar-refractivity contribution in [3.8, 4) is 17.6 Å². The van der Waals surface area contributed by atoms with Crippen molar-refractivity contribution in [3.05, 3.63) is 23.3 Å². The molecule has 1 atom stereocenters. The lowest BCUT2D eigenvalue weighted by Crippen LogP contribution is -2.49. The smallest absolute Gasteiger partial charge is 0.408 e. The first-order valence-electron chi connectivity index (χ1n) is 6.71. The van der Waals surface area contributed by atoms with Crippen LogP contribution in [0.1, 0.15) is 17.2 Å². The molecule has 1 heterocycles. The summed E-state index contributed by atoms with van der Waals surface area (Å²) in [5, 5.41) is 22.2. The van der Waals surface area contributed by atoms with E-state index in [0.717, 1.165) is 0 Å². The van der Waals surface area contributed by atoms with E-state index in [-0.39, 0.29) is 49.2 Å². The van der Waals surface area contributed by atoms with Crippen LogP contribution in [0.2, 0.25) is 0 Å². The van der Waals surface area contributed by atoms with Gasteiger partial charge in [0.1, 0.15) is 6.04 Å². The lowest BCUT2D eigenvalue weighted by atomic mass is 9.96. The van der Waals surface area contributed by atoms with Gasteiger partial charge >= 0.3 is 6.18 Å². The van der Waals surface area contributed by atoms with Crippen molar-refractivity contribution in [1.29, 1.82) is 5.26 Å². The van der Waals surface area contributed by atoms with Crippen LogP contribution in [-0.4, -0.2) is 49.5 Å². The Labute approximate surface area is 150 Å². The highest BCUT2D eigenvalue weighted by molar-refractivity contribution is 5.85. The number of rotatable bonds is 3. The van der Waals surface area contributed by atoms with Gasteiger partial charge in [-0.05, 0) is 12.1 Å². The first-order chi connectivity index (χ1) is 10.4. The summed E-state index contributed by atoms with van der Waals surface area (Å²) in [5.41, 5.74) is -0.657.